The van der Waals surface area contributed by atoms with Gasteiger partial charge in [-0.25, -0.2) is 0 Å². The molecule has 0 aliphatic rings. The van der Waals surface area contributed by atoms with Crippen LogP contribution in [0.25, 0.3) is 5.53 Å². The third-order valence-electron chi connectivity index (χ3n) is 3.68. The molecule has 0 aromatic rings. The number of esters is 1. The van der Waals surface area contributed by atoms with Crippen LogP contribution < -0.4 is 0 Å². The van der Waals surface area contributed by atoms with Crippen LogP contribution in [-0.4, -0.2) is 39.5 Å². The van der Waals surface area contributed by atoms with Crippen LogP contribution >= 0.6 is 0 Å². The van der Waals surface area contributed by atoms with Crippen molar-refractivity contribution in [1.29, 1.82) is 0 Å². The average Bonchev–Trinajstić information content (AvgIpc) is 2.21. The molecule has 0 saturated carbocycles. The summed E-state index contributed by atoms with van der Waals surface area (Å²) in [4.78, 5) is 16.2. The Kier molecular flexibility index (Phi) is 8.23. The Morgan fingerprint density at radius 2 is 1.21 bits per heavy atom. The van der Waals surface area contributed by atoms with Crippen LogP contribution in [0.1, 0.15) is 69.2 Å². The minimum absolute atomic E-state index is 0.0784. The normalized spacial score (nSPS) is 13.4. The number of carbonyl (C=O) groups is 1. The minimum atomic E-state index is -3.37. The zero-order valence-corrected chi connectivity index (χ0v) is 20.4. The number of carbonyl (C=O) groups excluding carboxylic acids is 1. The Balaban J connectivity index is 6.33. The van der Waals surface area contributed by atoms with Crippen LogP contribution in [0.3, 0.4) is 0 Å². The van der Waals surface area contributed by atoms with Crippen LogP contribution in [0, 0.1) is 16.2 Å². The summed E-state index contributed by atoms with van der Waals surface area (Å²) in [6.07, 6.45) is 0. The van der Waals surface area contributed by atoms with E-state index in [-0.39, 0.29) is 16.2 Å². The maximum atomic E-state index is 12.6. The second kappa shape index (κ2) is 8.35. The number of rotatable bonds is 6. The van der Waals surface area contributed by atoms with Crippen molar-refractivity contribution >= 4 is 28.1 Å². The molecule has 0 aromatic heterocycles. The molecule has 0 aliphatic carbocycles. The first-order valence-electron chi connectivity index (χ1n) is 8.95. The zero-order chi connectivity index (χ0) is 19.4. The van der Waals surface area contributed by atoms with Crippen LogP contribution in [0.2, 0.25) is 13.3 Å². The molecule has 0 spiro atoms. The topological polar surface area (TPSA) is 62.7 Å². The van der Waals surface area contributed by atoms with Gasteiger partial charge in [-0.15, -0.1) is 0 Å². The second-order valence-corrected chi connectivity index (χ2v) is 22.3. The van der Waals surface area contributed by atoms with Gasteiger partial charge in [-0.2, -0.15) is 0 Å². The van der Waals surface area contributed by atoms with E-state index in [0.717, 1.165) is 13.3 Å². The zero-order valence-electron chi connectivity index (χ0n) is 17.5. The van der Waals surface area contributed by atoms with Crippen molar-refractivity contribution in [2.75, 3.05) is 6.61 Å². The summed E-state index contributed by atoms with van der Waals surface area (Å²) >= 11 is -3.37. The SMILES string of the molecule is CCOC(=O)[C](=[N+]=[N-])[Sn]([CH2]C(C)(C)C)([CH2]C(C)(C)C)[CH2]C(C)(C)C. The molecule has 0 amide bonds. The first-order valence-corrected chi connectivity index (χ1v) is 16.4. The first-order chi connectivity index (χ1) is 10.6. The van der Waals surface area contributed by atoms with E-state index in [1.165, 1.54) is 0 Å². The van der Waals surface area contributed by atoms with E-state index in [1.54, 1.807) is 6.92 Å². The van der Waals surface area contributed by atoms with Crippen LogP contribution in [0.5, 0.6) is 0 Å². The fourth-order valence-electron chi connectivity index (χ4n) is 4.05. The van der Waals surface area contributed by atoms with E-state index in [2.05, 4.69) is 67.1 Å². The van der Waals surface area contributed by atoms with E-state index < -0.39 is 24.3 Å². The third-order valence-corrected chi connectivity index (χ3v) is 22.3. The molecule has 0 unspecified atom stereocenters. The number of nitrogens with zero attached hydrogens (tertiary/aromatic N) is 2. The van der Waals surface area contributed by atoms with Crippen molar-refractivity contribution in [3.8, 4) is 0 Å². The summed E-state index contributed by atoms with van der Waals surface area (Å²) in [6.45, 7) is 22.0. The Morgan fingerprint density at radius 1 is 0.875 bits per heavy atom. The fourth-order valence-corrected chi connectivity index (χ4v) is 26.0. The molecule has 0 rings (SSSR count). The molecule has 0 aliphatic heterocycles. The molecule has 0 aromatic carbocycles. The number of ether oxygens (including phenoxy) is 1. The Bertz CT molecular complexity index is 446. The second-order valence-electron chi connectivity index (χ2n) is 10.7. The van der Waals surface area contributed by atoms with Gasteiger partial charge in [0.05, 0.1) is 0 Å². The van der Waals surface area contributed by atoms with Crippen LogP contribution in [0.4, 0.5) is 0 Å². The molecule has 0 atom stereocenters. The van der Waals surface area contributed by atoms with E-state index >= 15 is 0 Å². The number of hydrogen-bond donors (Lipinski definition) is 0. The summed E-state index contributed by atoms with van der Waals surface area (Å²) in [5.41, 5.74) is 10.0. The molecular formula is C19H38N2O2Sn. The fraction of sp³-hybridized carbons (Fsp3) is 0.895. The summed E-state index contributed by atoms with van der Waals surface area (Å²) in [5, 5.41) is 0. The van der Waals surface area contributed by atoms with Crippen LogP contribution in [0.15, 0.2) is 0 Å². The predicted molar refractivity (Wildman–Crippen MR) is 104 cm³/mol. The van der Waals surface area contributed by atoms with E-state index in [9.17, 15) is 10.3 Å². The van der Waals surface area contributed by atoms with E-state index in [1.807, 2.05) is 0 Å². The Hall–Kier alpha value is -0.351. The molecular weight excluding hydrogens is 407 g/mol. The van der Waals surface area contributed by atoms with Crippen molar-refractivity contribution in [3.63, 3.8) is 0 Å². The van der Waals surface area contributed by atoms with Crippen molar-refractivity contribution in [2.24, 2.45) is 16.2 Å². The third kappa shape index (κ3) is 8.66. The summed E-state index contributed by atoms with van der Waals surface area (Å²) in [5.74, 6) is -0.409. The summed E-state index contributed by atoms with van der Waals surface area (Å²) in [7, 11) is 0. The molecule has 0 N–H and O–H groups in total. The standard InChI is InChI=1S/3C5H11.C4H5N2O2.Sn/c3*1-5(2,3)4;1-2-8-4(7)3-6-5;/h3*1H2,2-4H3;2H2,1H3;. The predicted octanol–water partition coefficient (Wildman–Crippen LogP) is 5.35. The monoisotopic (exact) mass is 446 g/mol. The van der Waals surface area contributed by atoms with Crippen molar-refractivity contribution in [2.45, 2.75) is 82.5 Å². The molecule has 24 heavy (non-hydrogen) atoms. The molecule has 0 fully saturated rings. The summed E-state index contributed by atoms with van der Waals surface area (Å²) in [6, 6.07) is 0. The summed E-state index contributed by atoms with van der Waals surface area (Å²) < 4.78 is 8.55. The number of hydrogen-bond acceptors (Lipinski definition) is 2. The molecule has 0 heterocycles. The van der Waals surface area contributed by atoms with E-state index in [0.29, 0.717) is 10.3 Å². The first kappa shape index (κ1) is 23.6. The molecule has 5 heteroatoms. The Labute approximate surface area is 153 Å². The van der Waals surface area contributed by atoms with Crippen molar-refractivity contribution < 1.29 is 14.3 Å². The molecule has 0 radical (unpaired) electrons. The molecule has 0 saturated heterocycles. The maximum absolute atomic E-state index is 12.6. The van der Waals surface area contributed by atoms with Gasteiger partial charge in [0.15, 0.2) is 0 Å². The van der Waals surface area contributed by atoms with Crippen molar-refractivity contribution in [3.05, 3.63) is 5.53 Å². The van der Waals surface area contributed by atoms with Gasteiger partial charge in [0.25, 0.3) is 0 Å². The van der Waals surface area contributed by atoms with Crippen molar-refractivity contribution in [1.82, 2.24) is 0 Å². The van der Waals surface area contributed by atoms with Gasteiger partial charge in [-0.05, 0) is 0 Å². The van der Waals surface area contributed by atoms with Gasteiger partial charge < -0.3 is 0 Å². The van der Waals surface area contributed by atoms with Gasteiger partial charge in [0.1, 0.15) is 0 Å². The quantitative estimate of drug-likeness (QED) is 0.182. The molecule has 0 bridgehead atoms. The molecule has 4 nitrogen and oxygen atoms in total. The Morgan fingerprint density at radius 3 is 1.42 bits per heavy atom. The average molecular weight is 445 g/mol. The van der Waals surface area contributed by atoms with Gasteiger partial charge in [0.2, 0.25) is 0 Å². The van der Waals surface area contributed by atoms with Gasteiger partial charge in [0, 0.05) is 0 Å². The van der Waals surface area contributed by atoms with Crippen LogP contribution in [-0.2, 0) is 9.53 Å². The molecule has 140 valence electrons. The van der Waals surface area contributed by atoms with Gasteiger partial charge >= 0.3 is 153 Å². The van der Waals surface area contributed by atoms with E-state index in [4.69, 9.17) is 4.74 Å². The van der Waals surface area contributed by atoms with Gasteiger partial charge in [-0.3, -0.25) is 0 Å². The van der Waals surface area contributed by atoms with Gasteiger partial charge in [-0.1, -0.05) is 0 Å².